The molecule has 7 heteroatoms. The summed E-state index contributed by atoms with van der Waals surface area (Å²) in [4.78, 5) is 33.2. The SMILES string of the molecule is Cn1c2cc(-c3cccc(-c4cc5cc6c7c(c5oc4=O)C(C)(C)CCN7CCC6(C)C)c3)ccc2c2ccc(-c3cccc(-c4cc5cc6c7c(c5oc4=O)C(C)(C)CCN7CCC6(C)C)c3)cc21. The lowest BCUT2D eigenvalue weighted by atomic mass is 9.69. The number of benzene rings is 6. The summed E-state index contributed by atoms with van der Waals surface area (Å²) in [7, 11) is 2.13. The zero-order chi connectivity index (χ0) is 48.4. The van der Waals surface area contributed by atoms with Crippen molar-refractivity contribution in [2.24, 2.45) is 7.05 Å². The van der Waals surface area contributed by atoms with E-state index in [2.05, 4.69) is 162 Å². The number of anilines is 2. The molecule has 7 nitrogen and oxygen atoms in total. The highest BCUT2D eigenvalue weighted by Crippen LogP contribution is 2.54. The maximum atomic E-state index is 14.1. The first kappa shape index (κ1) is 43.2. The number of hydrogen-bond acceptors (Lipinski definition) is 6. The summed E-state index contributed by atoms with van der Waals surface area (Å²) in [6.45, 7) is 22.7. The maximum Gasteiger partial charge on any atom is 0.344 e. The van der Waals surface area contributed by atoms with Crippen LogP contribution >= 0.6 is 0 Å². The second-order valence-corrected chi connectivity index (χ2v) is 23.7. The molecule has 0 saturated carbocycles. The van der Waals surface area contributed by atoms with Crippen LogP contribution < -0.4 is 21.1 Å². The molecular weight excluding hydrogens is 863 g/mol. The first-order chi connectivity index (χ1) is 33.4. The minimum atomic E-state index is -0.303. The van der Waals surface area contributed by atoms with Gasteiger partial charge in [-0.2, -0.15) is 0 Å². The van der Waals surface area contributed by atoms with Gasteiger partial charge in [0.25, 0.3) is 0 Å². The molecule has 0 radical (unpaired) electrons. The van der Waals surface area contributed by atoms with Crippen molar-refractivity contribution >= 4 is 55.1 Å². The van der Waals surface area contributed by atoms with Gasteiger partial charge < -0.3 is 23.2 Å². The van der Waals surface area contributed by atoms with E-state index in [0.717, 1.165) is 118 Å². The van der Waals surface area contributed by atoms with E-state index in [9.17, 15) is 9.59 Å². The third-order valence-corrected chi connectivity index (χ3v) is 17.5. The fourth-order valence-electron chi connectivity index (χ4n) is 13.0. The number of fused-ring (bicyclic) bond motifs is 7. The lowest BCUT2D eigenvalue weighted by Crippen LogP contribution is -2.44. The molecule has 4 aliphatic heterocycles. The minimum absolute atomic E-state index is 0.0260. The van der Waals surface area contributed by atoms with Crippen molar-refractivity contribution in [2.45, 2.75) is 103 Å². The standard InChI is InChI=1S/C63H61N3O4/c1-60(2)20-24-65-26-22-62(5,6)52-54(65)48(60)32-42-30-46(58(67)69-56(42)52)40-14-10-12-36(28-40)38-16-18-44-45-19-17-39(35-51(45)64(9)50(44)34-38)37-13-11-15-41(29-37)47-31-43-33-49-55-53(57(43)70-59(47)68)63(7,8)23-27-66(55)25-21-61(49,3)4/h10-19,28-35H,20-27H2,1-9H3. The summed E-state index contributed by atoms with van der Waals surface area (Å²) in [5.41, 5.74) is 17.7. The van der Waals surface area contributed by atoms with Crippen LogP contribution in [0.3, 0.4) is 0 Å². The lowest BCUT2D eigenvalue weighted by molar-refractivity contribution is 0.398. The molecular formula is C63H61N3O4. The average molecular weight is 924 g/mol. The lowest BCUT2D eigenvalue weighted by Gasteiger charge is -2.48. The van der Waals surface area contributed by atoms with E-state index in [4.69, 9.17) is 8.83 Å². The quantitative estimate of drug-likeness (QED) is 0.164. The van der Waals surface area contributed by atoms with Gasteiger partial charge in [0, 0.05) is 88.3 Å². The van der Waals surface area contributed by atoms with Gasteiger partial charge in [-0.3, -0.25) is 0 Å². The second-order valence-electron chi connectivity index (χ2n) is 23.7. The Morgan fingerprint density at radius 2 is 0.800 bits per heavy atom. The zero-order valence-corrected chi connectivity index (χ0v) is 42.0. The molecule has 0 amide bonds. The largest absolute Gasteiger partial charge is 0.422 e. The number of aromatic nitrogens is 1. The maximum absolute atomic E-state index is 14.1. The normalized spacial score (nSPS) is 18.4. The fraction of sp³-hybridized carbons (Fsp3) is 0.333. The summed E-state index contributed by atoms with van der Waals surface area (Å²) in [5, 5.41) is 4.34. The number of hydrogen-bond donors (Lipinski definition) is 0. The molecule has 70 heavy (non-hydrogen) atoms. The smallest absolute Gasteiger partial charge is 0.344 e. The Kier molecular flexibility index (Phi) is 9.01. The minimum Gasteiger partial charge on any atom is -0.422 e. The van der Waals surface area contributed by atoms with Crippen LogP contribution in [0.25, 0.3) is 88.3 Å². The van der Waals surface area contributed by atoms with Crippen molar-refractivity contribution in [3.63, 3.8) is 0 Å². The molecule has 0 bridgehead atoms. The van der Waals surface area contributed by atoms with Gasteiger partial charge >= 0.3 is 11.3 Å². The van der Waals surface area contributed by atoms with Gasteiger partial charge in [-0.05, 0) is 140 Å². The molecule has 352 valence electrons. The highest BCUT2D eigenvalue weighted by Gasteiger charge is 2.44. The Morgan fingerprint density at radius 1 is 0.429 bits per heavy atom. The van der Waals surface area contributed by atoms with E-state index >= 15 is 0 Å². The zero-order valence-electron chi connectivity index (χ0n) is 42.0. The molecule has 13 rings (SSSR count). The van der Waals surface area contributed by atoms with Crippen molar-refractivity contribution in [2.75, 3.05) is 36.0 Å². The first-order valence-electron chi connectivity index (χ1n) is 25.4. The number of aryl methyl sites for hydroxylation is 1. The fourth-order valence-corrected chi connectivity index (χ4v) is 13.0. The van der Waals surface area contributed by atoms with Gasteiger partial charge in [0.1, 0.15) is 11.2 Å². The summed E-state index contributed by atoms with van der Waals surface area (Å²) in [6, 6.07) is 38.7. The molecule has 0 fully saturated rings. The van der Waals surface area contributed by atoms with Crippen LogP contribution in [0, 0.1) is 0 Å². The van der Waals surface area contributed by atoms with Gasteiger partial charge in [-0.15, -0.1) is 0 Å². The van der Waals surface area contributed by atoms with Crippen molar-refractivity contribution in [1.82, 2.24) is 4.57 Å². The molecule has 0 N–H and O–H groups in total. The van der Waals surface area contributed by atoms with Crippen LogP contribution in [-0.4, -0.2) is 30.7 Å². The first-order valence-corrected chi connectivity index (χ1v) is 25.4. The van der Waals surface area contributed by atoms with Crippen LogP contribution in [0.1, 0.15) is 103 Å². The van der Waals surface area contributed by atoms with E-state index in [1.54, 1.807) is 0 Å². The third-order valence-electron chi connectivity index (χ3n) is 17.5. The second kappa shape index (κ2) is 14.6. The molecule has 3 aromatic heterocycles. The van der Waals surface area contributed by atoms with Crippen LogP contribution in [0.5, 0.6) is 0 Å². The molecule has 0 aliphatic carbocycles. The molecule has 7 heterocycles. The van der Waals surface area contributed by atoms with Crippen molar-refractivity contribution in [3.05, 3.63) is 152 Å². The van der Waals surface area contributed by atoms with E-state index in [1.165, 1.54) is 44.4 Å². The number of rotatable bonds is 4. The molecule has 0 saturated heterocycles. The predicted molar refractivity (Wildman–Crippen MR) is 289 cm³/mol. The van der Waals surface area contributed by atoms with Crippen LogP contribution in [0.15, 0.2) is 128 Å². The average Bonchev–Trinajstić information content (AvgIpc) is 3.61. The van der Waals surface area contributed by atoms with E-state index in [1.807, 2.05) is 24.3 Å². The Hall–Kier alpha value is -6.86. The summed E-state index contributed by atoms with van der Waals surface area (Å²) in [5.74, 6) is 0. The van der Waals surface area contributed by atoms with Crippen LogP contribution in [0.2, 0.25) is 0 Å². The van der Waals surface area contributed by atoms with Gasteiger partial charge in [-0.1, -0.05) is 116 Å². The third kappa shape index (κ3) is 6.31. The Labute approximate surface area is 409 Å². The molecule has 0 unspecified atom stereocenters. The highest BCUT2D eigenvalue weighted by molar-refractivity contribution is 6.10. The van der Waals surface area contributed by atoms with Crippen LogP contribution in [0.4, 0.5) is 11.4 Å². The van der Waals surface area contributed by atoms with Crippen molar-refractivity contribution < 1.29 is 8.83 Å². The van der Waals surface area contributed by atoms with E-state index in [-0.39, 0.29) is 32.9 Å². The van der Waals surface area contributed by atoms with Gasteiger partial charge in [0.05, 0.1) is 11.1 Å². The molecule has 6 aromatic carbocycles. The molecule has 0 atom stereocenters. The van der Waals surface area contributed by atoms with E-state index in [0.29, 0.717) is 11.1 Å². The van der Waals surface area contributed by atoms with Gasteiger partial charge in [0.15, 0.2) is 0 Å². The Balaban J connectivity index is 0.855. The van der Waals surface area contributed by atoms with Gasteiger partial charge in [0.2, 0.25) is 0 Å². The molecule has 4 aliphatic rings. The molecule has 9 aromatic rings. The predicted octanol–water partition coefficient (Wildman–Crippen LogP) is 14.6. The van der Waals surface area contributed by atoms with Gasteiger partial charge in [-0.25, -0.2) is 9.59 Å². The Bertz CT molecular complexity index is 3620. The summed E-state index contributed by atoms with van der Waals surface area (Å²) >= 11 is 0. The molecule has 0 spiro atoms. The van der Waals surface area contributed by atoms with Crippen LogP contribution in [-0.2, 0) is 28.7 Å². The topological polar surface area (TPSA) is 71.8 Å². The summed E-state index contributed by atoms with van der Waals surface area (Å²) in [6.07, 6.45) is 4.24. The Morgan fingerprint density at radius 3 is 1.21 bits per heavy atom. The summed E-state index contributed by atoms with van der Waals surface area (Å²) < 4.78 is 15.1. The monoisotopic (exact) mass is 923 g/mol. The van der Waals surface area contributed by atoms with Crippen molar-refractivity contribution in [1.29, 1.82) is 0 Å². The van der Waals surface area contributed by atoms with E-state index < -0.39 is 0 Å². The van der Waals surface area contributed by atoms with Crippen molar-refractivity contribution in [3.8, 4) is 44.5 Å². The number of nitrogens with zero attached hydrogens (tertiary/aromatic N) is 3. The highest BCUT2D eigenvalue weighted by atomic mass is 16.4.